The molecule has 2 unspecified atom stereocenters. The molecule has 1 aliphatic rings. The van der Waals surface area contributed by atoms with Gasteiger partial charge in [0.05, 0.1) is 0 Å². The zero-order valence-electron chi connectivity index (χ0n) is 12.0. The normalized spacial score (nSPS) is 22.3. The van der Waals surface area contributed by atoms with Crippen LogP contribution in [0.2, 0.25) is 0 Å². The lowest BCUT2D eigenvalue weighted by Crippen LogP contribution is -2.48. The Balaban J connectivity index is 2.16. The molecule has 5 nitrogen and oxygen atoms in total. The average molecular weight is 257 g/mol. The minimum absolute atomic E-state index is 0.230. The van der Waals surface area contributed by atoms with Crippen LogP contribution in [0, 0.1) is 0 Å². The van der Waals surface area contributed by atoms with E-state index < -0.39 is 11.7 Å². The lowest BCUT2D eigenvalue weighted by molar-refractivity contribution is 0.0486. The third kappa shape index (κ3) is 6.81. The molecule has 1 rings (SSSR count). The van der Waals surface area contributed by atoms with Gasteiger partial charge in [-0.25, -0.2) is 10.2 Å². The van der Waals surface area contributed by atoms with Crippen molar-refractivity contribution in [3.05, 3.63) is 0 Å². The van der Waals surface area contributed by atoms with Crippen LogP contribution < -0.4 is 16.2 Å². The number of rotatable bonds is 4. The molecule has 106 valence electrons. The van der Waals surface area contributed by atoms with Crippen molar-refractivity contribution in [2.24, 2.45) is 0 Å². The van der Waals surface area contributed by atoms with Crippen LogP contribution in [0.15, 0.2) is 0 Å². The number of ether oxygens (including phenoxy) is 1. The third-order valence-electron chi connectivity index (χ3n) is 2.87. The van der Waals surface area contributed by atoms with E-state index in [0.717, 1.165) is 13.0 Å². The maximum Gasteiger partial charge on any atom is 0.422 e. The second kappa shape index (κ2) is 6.95. The first-order valence-corrected chi connectivity index (χ1v) is 6.85. The summed E-state index contributed by atoms with van der Waals surface area (Å²) in [5, 5.41) is 3.49. The van der Waals surface area contributed by atoms with Gasteiger partial charge in [-0.05, 0) is 53.5 Å². The molecule has 0 aliphatic carbocycles. The standard InChI is InChI=1S/C13H27N3O2/c1-10(9-11-7-5-6-8-14-11)15-16-12(17)18-13(2,3)4/h10-11,14-15H,5-9H2,1-4H3,(H,16,17). The summed E-state index contributed by atoms with van der Waals surface area (Å²) in [6, 6.07) is 0.787. The van der Waals surface area contributed by atoms with Crippen molar-refractivity contribution in [1.82, 2.24) is 16.2 Å². The van der Waals surface area contributed by atoms with Crippen molar-refractivity contribution in [3.63, 3.8) is 0 Å². The highest BCUT2D eigenvalue weighted by atomic mass is 16.6. The highest BCUT2D eigenvalue weighted by Gasteiger charge is 2.18. The molecule has 1 heterocycles. The molecule has 2 atom stereocenters. The molecule has 1 fully saturated rings. The van der Waals surface area contributed by atoms with E-state index in [9.17, 15) is 4.79 Å². The molecule has 0 radical (unpaired) electrons. The maximum atomic E-state index is 11.4. The van der Waals surface area contributed by atoms with E-state index in [1.807, 2.05) is 20.8 Å². The molecular weight excluding hydrogens is 230 g/mol. The summed E-state index contributed by atoms with van der Waals surface area (Å²) in [5.41, 5.74) is 5.12. The van der Waals surface area contributed by atoms with E-state index in [1.54, 1.807) is 0 Å². The molecule has 1 amide bonds. The molecule has 1 saturated heterocycles. The number of nitrogens with one attached hydrogen (secondary N) is 3. The number of amides is 1. The molecule has 0 bridgehead atoms. The Morgan fingerprint density at radius 3 is 2.72 bits per heavy atom. The fourth-order valence-corrected chi connectivity index (χ4v) is 2.10. The molecule has 0 aromatic rings. The van der Waals surface area contributed by atoms with Gasteiger partial charge in [-0.2, -0.15) is 0 Å². The van der Waals surface area contributed by atoms with Crippen molar-refractivity contribution < 1.29 is 9.53 Å². The quantitative estimate of drug-likeness (QED) is 0.674. The summed E-state index contributed by atoms with van der Waals surface area (Å²) in [6.07, 6.45) is 4.37. The van der Waals surface area contributed by atoms with Crippen LogP contribution in [0.4, 0.5) is 4.79 Å². The number of hydrazine groups is 1. The highest BCUT2D eigenvalue weighted by Crippen LogP contribution is 2.11. The number of carbonyl (C=O) groups excluding carboxylic acids is 1. The Morgan fingerprint density at radius 1 is 1.44 bits per heavy atom. The second-order valence-corrected chi connectivity index (χ2v) is 6.05. The van der Waals surface area contributed by atoms with Crippen molar-refractivity contribution in [2.75, 3.05) is 6.54 Å². The molecule has 0 spiro atoms. The molecular formula is C13H27N3O2. The van der Waals surface area contributed by atoms with Gasteiger partial charge in [0.15, 0.2) is 0 Å². The molecule has 0 saturated carbocycles. The fraction of sp³-hybridized carbons (Fsp3) is 0.923. The van der Waals surface area contributed by atoms with Crippen LogP contribution in [0.3, 0.4) is 0 Å². The van der Waals surface area contributed by atoms with Gasteiger partial charge in [-0.3, -0.25) is 5.43 Å². The van der Waals surface area contributed by atoms with Crippen LogP contribution in [0.5, 0.6) is 0 Å². The summed E-state index contributed by atoms with van der Waals surface area (Å²) in [4.78, 5) is 11.4. The minimum Gasteiger partial charge on any atom is -0.443 e. The van der Waals surface area contributed by atoms with E-state index in [2.05, 4.69) is 23.1 Å². The van der Waals surface area contributed by atoms with Crippen molar-refractivity contribution in [2.45, 2.75) is 71.1 Å². The number of carbonyl (C=O) groups is 1. The Kier molecular flexibility index (Phi) is 5.88. The molecule has 5 heteroatoms. The zero-order valence-corrected chi connectivity index (χ0v) is 12.0. The summed E-state index contributed by atoms with van der Waals surface area (Å²) in [6.45, 7) is 8.72. The number of hydrogen-bond acceptors (Lipinski definition) is 4. The lowest BCUT2D eigenvalue weighted by Gasteiger charge is -2.27. The first-order chi connectivity index (χ1) is 8.37. The Morgan fingerprint density at radius 2 is 2.17 bits per heavy atom. The second-order valence-electron chi connectivity index (χ2n) is 6.05. The summed E-state index contributed by atoms with van der Waals surface area (Å²) >= 11 is 0. The van der Waals surface area contributed by atoms with Crippen molar-refractivity contribution >= 4 is 6.09 Å². The molecule has 1 aliphatic heterocycles. The van der Waals surface area contributed by atoms with E-state index in [4.69, 9.17) is 4.74 Å². The van der Waals surface area contributed by atoms with E-state index in [0.29, 0.717) is 6.04 Å². The minimum atomic E-state index is -0.458. The summed E-state index contributed by atoms with van der Waals surface area (Å²) < 4.78 is 5.15. The lowest BCUT2D eigenvalue weighted by atomic mass is 9.99. The van der Waals surface area contributed by atoms with E-state index in [-0.39, 0.29) is 6.04 Å². The fourth-order valence-electron chi connectivity index (χ4n) is 2.10. The molecule has 0 aromatic heterocycles. The van der Waals surface area contributed by atoms with Crippen LogP contribution in [-0.2, 0) is 4.74 Å². The predicted molar refractivity (Wildman–Crippen MR) is 72.2 cm³/mol. The van der Waals surface area contributed by atoms with Crippen LogP contribution in [0.1, 0.15) is 53.4 Å². The van der Waals surface area contributed by atoms with Gasteiger partial charge in [-0.1, -0.05) is 6.42 Å². The number of hydrogen-bond donors (Lipinski definition) is 3. The summed E-state index contributed by atoms with van der Waals surface area (Å²) in [7, 11) is 0. The van der Waals surface area contributed by atoms with Gasteiger partial charge in [-0.15, -0.1) is 0 Å². The van der Waals surface area contributed by atoms with Gasteiger partial charge in [0.2, 0.25) is 0 Å². The number of piperidine rings is 1. The smallest absolute Gasteiger partial charge is 0.422 e. The van der Waals surface area contributed by atoms with Gasteiger partial charge in [0, 0.05) is 12.1 Å². The topological polar surface area (TPSA) is 62.4 Å². The Hall–Kier alpha value is -0.810. The highest BCUT2D eigenvalue weighted by molar-refractivity contribution is 5.66. The van der Waals surface area contributed by atoms with Gasteiger partial charge < -0.3 is 10.1 Å². The Labute approximate surface area is 110 Å². The first kappa shape index (κ1) is 15.2. The molecule has 3 N–H and O–H groups in total. The average Bonchev–Trinajstić information content (AvgIpc) is 2.25. The summed E-state index contributed by atoms with van der Waals surface area (Å²) in [5.74, 6) is 0. The van der Waals surface area contributed by atoms with Crippen LogP contribution in [-0.4, -0.2) is 30.3 Å². The van der Waals surface area contributed by atoms with E-state index in [1.165, 1.54) is 19.3 Å². The zero-order chi connectivity index (χ0) is 13.6. The van der Waals surface area contributed by atoms with Crippen LogP contribution >= 0.6 is 0 Å². The predicted octanol–water partition coefficient (Wildman–Crippen LogP) is 1.94. The molecule has 0 aromatic carbocycles. The Bertz CT molecular complexity index is 257. The van der Waals surface area contributed by atoms with Crippen molar-refractivity contribution in [1.29, 1.82) is 0 Å². The third-order valence-corrected chi connectivity index (χ3v) is 2.87. The van der Waals surface area contributed by atoms with Gasteiger partial charge in [0.25, 0.3) is 0 Å². The maximum absolute atomic E-state index is 11.4. The SMILES string of the molecule is CC(CC1CCCCN1)NNC(=O)OC(C)(C)C. The van der Waals surface area contributed by atoms with Crippen molar-refractivity contribution in [3.8, 4) is 0 Å². The largest absolute Gasteiger partial charge is 0.443 e. The van der Waals surface area contributed by atoms with Crippen LogP contribution in [0.25, 0.3) is 0 Å². The first-order valence-electron chi connectivity index (χ1n) is 6.85. The monoisotopic (exact) mass is 257 g/mol. The van der Waals surface area contributed by atoms with Gasteiger partial charge in [0.1, 0.15) is 5.60 Å². The van der Waals surface area contributed by atoms with Gasteiger partial charge >= 0.3 is 6.09 Å². The molecule has 18 heavy (non-hydrogen) atoms. The van der Waals surface area contributed by atoms with E-state index >= 15 is 0 Å².